The summed E-state index contributed by atoms with van der Waals surface area (Å²) in [5.74, 6) is -0.192. The molecule has 0 spiro atoms. The summed E-state index contributed by atoms with van der Waals surface area (Å²) in [5, 5.41) is 16.4. The number of rotatable bonds is 7. The van der Waals surface area contributed by atoms with Crippen molar-refractivity contribution in [2.75, 3.05) is 11.9 Å². The number of nitro benzene ring substituents is 1. The molecule has 1 aliphatic carbocycles. The third kappa shape index (κ3) is 5.04. The molecule has 8 heteroatoms. The van der Waals surface area contributed by atoms with Gasteiger partial charge in [0.05, 0.1) is 4.92 Å². The highest BCUT2D eigenvalue weighted by Crippen LogP contribution is 2.23. The van der Waals surface area contributed by atoms with E-state index >= 15 is 0 Å². The largest absolute Gasteiger partial charge is 0.484 e. The van der Waals surface area contributed by atoms with Crippen LogP contribution in [0.4, 0.5) is 11.4 Å². The summed E-state index contributed by atoms with van der Waals surface area (Å²) >= 11 is 0. The van der Waals surface area contributed by atoms with E-state index in [9.17, 15) is 19.7 Å². The number of hydrogen-bond acceptors (Lipinski definition) is 5. The Balaban J connectivity index is 1.55. The molecular weight excluding hydrogens is 350 g/mol. The van der Waals surface area contributed by atoms with Crippen molar-refractivity contribution in [3.8, 4) is 5.75 Å². The maximum Gasteiger partial charge on any atom is 0.272 e. The number of nitrogens with one attached hydrogen (secondary N) is 2. The molecule has 1 aliphatic rings. The van der Waals surface area contributed by atoms with Gasteiger partial charge >= 0.3 is 0 Å². The van der Waals surface area contributed by atoms with Crippen LogP contribution in [0.5, 0.6) is 5.75 Å². The molecule has 27 heavy (non-hydrogen) atoms. The zero-order valence-corrected chi connectivity index (χ0v) is 14.7. The van der Waals surface area contributed by atoms with E-state index in [1.165, 1.54) is 18.2 Å². The lowest BCUT2D eigenvalue weighted by atomic mass is 10.2. The Morgan fingerprint density at radius 2 is 2.00 bits per heavy atom. The summed E-state index contributed by atoms with van der Waals surface area (Å²) in [7, 11) is 0. The van der Waals surface area contributed by atoms with Gasteiger partial charge in [-0.05, 0) is 50.1 Å². The van der Waals surface area contributed by atoms with E-state index in [0.29, 0.717) is 22.6 Å². The van der Waals surface area contributed by atoms with Crippen LogP contribution >= 0.6 is 0 Å². The minimum absolute atomic E-state index is 0.00640. The van der Waals surface area contributed by atoms with Gasteiger partial charge in [-0.15, -0.1) is 0 Å². The number of benzene rings is 2. The molecule has 0 saturated heterocycles. The van der Waals surface area contributed by atoms with Crippen LogP contribution in [-0.4, -0.2) is 29.4 Å². The summed E-state index contributed by atoms with van der Waals surface area (Å²) in [6, 6.07) is 11.2. The van der Waals surface area contributed by atoms with Gasteiger partial charge in [0.2, 0.25) is 0 Å². The first kappa shape index (κ1) is 18.4. The van der Waals surface area contributed by atoms with Crippen molar-refractivity contribution >= 4 is 23.2 Å². The van der Waals surface area contributed by atoms with Gasteiger partial charge in [-0.25, -0.2) is 0 Å². The van der Waals surface area contributed by atoms with E-state index < -0.39 is 10.8 Å². The van der Waals surface area contributed by atoms with Crippen LogP contribution in [-0.2, 0) is 4.79 Å². The number of nitrogens with zero attached hydrogens (tertiary/aromatic N) is 1. The SMILES string of the molecule is Cc1cc(OCC(=O)Nc2cccc(C(=O)NC3CC3)c2)ccc1[N+](=O)[O-]. The minimum Gasteiger partial charge on any atom is -0.484 e. The first-order valence-electron chi connectivity index (χ1n) is 8.51. The quantitative estimate of drug-likeness (QED) is 0.576. The Labute approximate surface area is 155 Å². The van der Waals surface area contributed by atoms with Crippen molar-refractivity contribution in [3.05, 3.63) is 63.7 Å². The second-order valence-electron chi connectivity index (χ2n) is 6.37. The van der Waals surface area contributed by atoms with E-state index in [1.54, 1.807) is 31.2 Å². The number of anilines is 1. The van der Waals surface area contributed by atoms with Crippen LogP contribution in [0.15, 0.2) is 42.5 Å². The second-order valence-corrected chi connectivity index (χ2v) is 6.37. The molecule has 1 saturated carbocycles. The highest BCUT2D eigenvalue weighted by atomic mass is 16.6. The van der Waals surface area contributed by atoms with E-state index in [2.05, 4.69) is 10.6 Å². The summed E-state index contributed by atoms with van der Waals surface area (Å²) in [6.45, 7) is 1.35. The van der Waals surface area contributed by atoms with Gasteiger partial charge in [-0.3, -0.25) is 19.7 Å². The highest BCUT2D eigenvalue weighted by molar-refractivity contribution is 5.97. The zero-order chi connectivity index (χ0) is 19.4. The fraction of sp³-hybridized carbons (Fsp3) is 0.263. The van der Waals surface area contributed by atoms with Gasteiger partial charge in [-0.1, -0.05) is 6.07 Å². The molecule has 0 aromatic heterocycles. The van der Waals surface area contributed by atoms with Gasteiger partial charge in [0.1, 0.15) is 5.75 Å². The summed E-state index contributed by atoms with van der Waals surface area (Å²) in [6.07, 6.45) is 2.00. The molecule has 3 rings (SSSR count). The van der Waals surface area contributed by atoms with Crippen LogP contribution < -0.4 is 15.4 Å². The number of ether oxygens (including phenoxy) is 1. The Morgan fingerprint density at radius 1 is 1.22 bits per heavy atom. The maximum atomic E-state index is 12.1. The lowest BCUT2D eigenvalue weighted by Gasteiger charge is -2.09. The normalized spacial score (nSPS) is 12.9. The summed E-state index contributed by atoms with van der Waals surface area (Å²) in [4.78, 5) is 34.5. The lowest BCUT2D eigenvalue weighted by molar-refractivity contribution is -0.385. The topological polar surface area (TPSA) is 111 Å². The summed E-state index contributed by atoms with van der Waals surface area (Å²) in [5.41, 5.74) is 1.42. The number of amides is 2. The van der Waals surface area contributed by atoms with Gasteiger partial charge in [0.25, 0.3) is 17.5 Å². The number of nitro groups is 1. The smallest absolute Gasteiger partial charge is 0.272 e. The standard InChI is InChI=1S/C19H19N3O5/c1-12-9-16(7-8-17(12)22(25)26)27-11-18(23)20-15-4-2-3-13(10-15)19(24)21-14-5-6-14/h2-4,7-10,14H,5-6,11H2,1H3,(H,20,23)(H,21,24). The number of aryl methyl sites for hydroxylation is 1. The zero-order valence-electron chi connectivity index (χ0n) is 14.7. The number of carbonyl (C=O) groups is 2. The maximum absolute atomic E-state index is 12.1. The highest BCUT2D eigenvalue weighted by Gasteiger charge is 2.23. The van der Waals surface area contributed by atoms with E-state index in [-0.39, 0.29) is 24.2 Å². The van der Waals surface area contributed by atoms with Crippen molar-refractivity contribution in [1.82, 2.24) is 5.32 Å². The summed E-state index contributed by atoms with van der Waals surface area (Å²) < 4.78 is 5.38. The molecule has 2 amide bonds. The molecule has 1 fully saturated rings. The Morgan fingerprint density at radius 3 is 2.67 bits per heavy atom. The van der Waals surface area contributed by atoms with Crippen molar-refractivity contribution in [3.63, 3.8) is 0 Å². The third-order valence-electron chi connectivity index (χ3n) is 4.06. The van der Waals surface area contributed by atoms with E-state index in [1.807, 2.05) is 0 Å². The lowest BCUT2D eigenvalue weighted by Crippen LogP contribution is -2.25. The molecular formula is C19H19N3O5. The molecule has 0 aliphatic heterocycles. The Hall–Kier alpha value is -3.42. The van der Waals surface area contributed by atoms with Gasteiger partial charge in [0, 0.05) is 28.9 Å². The molecule has 8 nitrogen and oxygen atoms in total. The first-order valence-corrected chi connectivity index (χ1v) is 8.51. The van der Waals surface area contributed by atoms with Crippen molar-refractivity contribution < 1.29 is 19.2 Å². The molecule has 0 radical (unpaired) electrons. The molecule has 140 valence electrons. The molecule has 2 aromatic carbocycles. The van der Waals surface area contributed by atoms with Crippen LogP contribution in [0, 0.1) is 17.0 Å². The van der Waals surface area contributed by atoms with E-state index in [4.69, 9.17) is 4.74 Å². The van der Waals surface area contributed by atoms with Crippen LogP contribution in [0.3, 0.4) is 0 Å². The molecule has 2 N–H and O–H groups in total. The van der Waals surface area contributed by atoms with Gasteiger partial charge in [0.15, 0.2) is 6.61 Å². The van der Waals surface area contributed by atoms with Crippen LogP contribution in [0.2, 0.25) is 0 Å². The Kier molecular flexibility index (Phi) is 5.35. The number of hydrogen-bond donors (Lipinski definition) is 2. The predicted molar refractivity (Wildman–Crippen MR) is 98.9 cm³/mol. The predicted octanol–water partition coefficient (Wildman–Crippen LogP) is 2.81. The molecule has 0 unspecified atom stereocenters. The van der Waals surface area contributed by atoms with Crippen molar-refractivity contribution in [1.29, 1.82) is 0 Å². The first-order chi connectivity index (χ1) is 12.9. The molecule has 0 bridgehead atoms. The fourth-order valence-corrected chi connectivity index (χ4v) is 2.50. The van der Waals surface area contributed by atoms with Crippen molar-refractivity contribution in [2.24, 2.45) is 0 Å². The van der Waals surface area contributed by atoms with Crippen LogP contribution in [0.25, 0.3) is 0 Å². The molecule has 0 atom stereocenters. The monoisotopic (exact) mass is 369 g/mol. The average molecular weight is 369 g/mol. The molecule has 2 aromatic rings. The Bertz CT molecular complexity index is 893. The second kappa shape index (κ2) is 7.86. The molecule has 0 heterocycles. The third-order valence-corrected chi connectivity index (χ3v) is 4.06. The van der Waals surface area contributed by atoms with Crippen molar-refractivity contribution in [2.45, 2.75) is 25.8 Å². The van der Waals surface area contributed by atoms with Gasteiger partial charge < -0.3 is 15.4 Å². The number of carbonyl (C=O) groups excluding carboxylic acids is 2. The van der Waals surface area contributed by atoms with Crippen LogP contribution in [0.1, 0.15) is 28.8 Å². The van der Waals surface area contributed by atoms with E-state index in [0.717, 1.165) is 12.8 Å². The average Bonchev–Trinajstić information content (AvgIpc) is 3.44. The fourth-order valence-electron chi connectivity index (χ4n) is 2.50. The van der Waals surface area contributed by atoms with Gasteiger partial charge in [-0.2, -0.15) is 0 Å². The minimum atomic E-state index is -0.474.